The molecule has 4 heteroatoms. The second kappa shape index (κ2) is 6.26. The van der Waals surface area contributed by atoms with Gasteiger partial charge in [-0.25, -0.2) is 0 Å². The molecule has 2 aromatic rings. The maximum atomic E-state index is 12.5. The number of hydrogen-bond donors (Lipinski definition) is 0. The van der Waals surface area contributed by atoms with Crippen molar-refractivity contribution in [3.8, 4) is 0 Å². The van der Waals surface area contributed by atoms with Crippen LogP contribution in [0.3, 0.4) is 0 Å². The van der Waals surface area contributed by atoms with E-state index in [-0.39, 0.29) is 12.1 Å². The Balaban J connectivity index is 1.86. The molecule has 0 aromatic heterocycles. The molecule has 1 fully saturated rings. The molecule has 0 amide bonds. The van der Waals surface area contributed by atoms with Crippen molar-refractivity contribution in [1.29, 1.82) is 0 Å². The first-order valence-electron chi connectivity index (χ1n) is 6.71. The fourth-order valence-corrected chi connectivity index (χ4v) is 2.51. The molecule has 1 heterocycles. The highest BCUT2D eigenvalue weighted by Crippen LogP contribution is 2.24. The third-order valence-corrected chi connectivity index (χ3v) is 3.65. The minimum Gasteiger partial charge on any atom is -0.346 e. The lowest BCUT2D eigenvalue weighted by Gasteiger charge is -2.10. The van der Waals surface area contributed by atoms with Crippen LogP contribution in [0.5, 0.6) is 0 Å². The van der Waals surface area contributed by atoms with Crippen LogP contribution in [0, 0.1) is 0 Å². The van der Waals surface area contributed by atoms with E-state index >= 15 is 0 Å². The average Bonchev–Trinajstić information content (AvgIpc) is 3.09. The third-order valence-electron chi connectivity index (χ3n) is 3.40. The first-order chi connectivity index (χ1) is 10.3. The summed E-state index contributed by atoms with van der Waals surface area (Å²) in [5.41, 5.74) is 2.94. The lowest BCUT2D eigenvalue weighted by molar-refractivity contribution is -0.0441. The van der Waals surface area contributed by atoms with Gasteiger partial charge in [0.15, 0.2) is 12.1 Å². The summed E-state index contributed by atoms with van der Waals surface area (Å²) >= 11 is 4.96. The number of carbonyl (C=O) groups excluding carboxylic acids is 1. The van der Waals surface area contributed by atoms with E-state index in [1.807, 2.05) is 30.3 Å². The van der Waals surface area contributed by atoms with Crippen molar-refractivity contribution in [3.63, 3.8) is 0 Å². The summed E-state index contributed by atoms with van der Waals surface area (Å²) in [7, 11) is 0. The number of carbonyl (C=O) groups is 1. The number of ketones is 1. The lowest BCUT2D eigenvalue weighted by atomic mass is 9.98. The zero-order valence-electron chi connectivity index (χ0n) is 11.3. The second-order valence-electron chi connectivity index (χ2n) is 4.73. The van der Waals surface area contributed by atoms with Crippen LogP contribution < -0.4 is 0 Å². The molecule has 0 bridgehead atoms. The lowest BCUT2D eigenvalue weighted by Crippen LogP contribution is -2.05. The first kappa shape index (κ1) is 14.1. The van der Waals surface area contributed by atoms with Crippen LogP contribution in [0.2, 0.25) is 0 Å². The van der Waals surface area contributed by atoms with Crippen molar-refractivity contribution in [2.45, 2.75) is 6.29 Å². The van der Waals surface area contributed by atoms with Gasteiger partial charge in [-0.3, -0.25) is 4.79 Å². The van der Waals surface area contributed by atoms with E-state index in [2.05, 4.69) is 0 Å². The number of rotatable bonds is 4. The smallest absolute Gasteiger partial charge is 0.193 e. The zero-order chi connectivity index (χ0) is 14.7. The summed E-state index contributed by atoms with van der Waals surface area (Å²) in [6.07, 6.45) is -0.317. The van der Waals surface area contributed by atoms with Crippen LogP contribution in [-0.2, 0) is 9.47 Å². The highest BCUT2D eigenvalue weighted by atomic mass is 32.1. The monoisotopic (exact) mass is 298 g/mol. The van der Waals surface area contributed by atoms with Crippen molar-refractivity contribution in [2.75, 3.05) is 13.2 Å². The Hall–Kier alpha value is -1.88. The Morgan fingerprint density at radius 2 is 1.71 bits per heavy atom. The molecule has 0 radical (unpaired) electrons. The standard InChI is InChI=1S/C17H14O3S/c18-16(15-4-2-1-3-14(15)11-21)12-5-7-13(8-6-12)17-19-9-10-20-17/h1-8,11,17H,9-10H2. The van der Waals surface area contributed by atoms with Crippen molar-refractivity contribution in [2.24, 2.45) is 0 Å². The molecule has 106 valence electrons. The van der Waals surface area contributed by atoms with E-state index < -0.39 is 0 Å². The number of ether oxygens (including phenoxy) is 2. The SMILES string of the molecule is O=C(c1ccc(C2OCCO2)cc1)c1ccccc1C=S. The van der Waals surface area contributed by atoms with Crippen LogP contribution >= 0.6 is 12.2 Å². The molecule has 0 saturated carbocycles. The number of benzene rings is 2. The largest absolute Gasteiger partial charge is 0.346 e. The quantitative estimate of drug-likeness (QED) is 0.641. The molecule has 3 nitrogen and oxygen atoms in total. The summed E-state index contributed by atoms with van der Waals surface area (Å²) in [4.78, 5) is 12.5. The Labute approximate surface area is 128 Å². The number of thiocarbonyl (C=S) groups is 1. The topological polar surface area (TPSA) is 35.5 Å². The summed E-state index contributed by atoms with van der Waals surface area (Å²) < 4.78 is 10.9. The van der Waals surface area contributed by atoms with Crippen LogP contribution in [0.15, 0.2) is 48.5 Å². The van der Waals surface area contributed by atoms with E-state index in [9.17, 15) is 4.79 Å². The molecule has 21 heavy (non-hydrogen) atoms. The van der Waals surface area contributed by atoms with Gasteiger partial charge in [-0.2, -0.15) is 0 Å². The molecular weight excluding hydrogens is 284 g/mol. The molecule has 0 unspecified atom stereocenters. The molecule has 3 rings (SSSR count). The van der Waals surface area contributed by atoms with Gasteiger partial charge in [-0.05, 0) is 5.56 Å². The van der Waals surface area contributed by atoms with Gasteiger partial charge in [0.2, 0.25) is 0 Å². The van der Waals surface area contributed by atoms with Crippen LogP contribution in [0.1, 0.15) is 33.3 Å². The Morgan fingerprint density at radius 1 is 1.05 bits per heavy atom. The third kappa shape index (κ3) is 2.93. The van der Waals surface area contributed by atoms with E-state index in [1.165, 1.54) is 5.37 Å². The Bertz CT molecular complexity index is 658. The Kier molecular flexibility index (Phi) is 4.20. The summed E-state index contributed by atoms with van der Waals surface area (Å²) in [5, 5.41) is 1.53. The van der Waals surface area contributed by atoms with Gasteiger partial charge in [-0.15, -0.1) is 0 Å². The predicted octanol–water partition coefficient (Wildman–Crippen LogP) is 3.31. The Morgan fingerprint density at radius 3 is 2.38 bits per heavy atom. The minimum atomic E-state index is -0.317. The molecule has 0 spiro atoms. The van der Waals surface area contributed by atoms with Gasteiger partial charge in [0.1, 0.15) is 0 Å². The molecule has 1 aliphatic rings. The fraction of sp³-hybridized carbons (Fsp3) is 0.176. The van der Waals surface area contributed by atoms with Crippen molar-refractivity contribution < 1.29 is 14.3 Å². The first-order valence-corrected chi connectivity index (χ1v) is 7.19. The van der Waals surface area contributed by atoms with Crippen LogP contribution in [0.25, 0.3) is 0 Å². The molecule has 0 aliphatic carbocycles. The molecule has 0 atom stereocenters. The predicted molar refractivity (Wildman–Crippen MR) is 83.7 cm³/mol. The van der Waals surface area contributed by atoms with Crippen LogP contribution in [-0.4, -0.2) is 24.4 Å². The van der Waals surface area contributed by atoms with Crippen molar-refractivity contribution in [1.82, 2.24) is 0 Å². The molecule has 0 N–H and O–H groups in total. The maximum Gasteiger partial charge on any atom is 0.193 e. The van der Waals surface area contributed by atoms with E-state index in [4.69, 9.17) is 21.7 Å². The van der Waals surface area contributed by atoms with E-state index in [0.29, 0.717) is 24.3 Å². The second-order valence-corrected chi connectivity index (χ2v) is 4.97. The van der Waals surface area contributed by atoms with E-state index in [1.54, 1.807) is 18.2 Å². The molecule has 2 aromatic carbocycles. The zero-order valence-corrected chi connectivity index (χ0v) is 12.1. The normalized spacial score (nSPS) is 15.0. The summed E-state index contributed by atoms with van der Waals surface area (Å²) in [6.45, 7) is 1.21. The maximum absolute atomic E-state index is 12.5. The van der Waals surface area contributed by atoms with Gasteiger partial charge < -0.3 is 9.47 Å². The highest BCUT2D eigenvalue weighted by molar-refractivity contribution is 7.79. The van der Waals surface area contributed by atoms with Crippen molar-refractivity contribution >= 4 is 23.4 Å². The van der Waals surface area contributed by atoms with Crippen molar-refractivity contribution in [3.05, 3.63) is 70.8 Å². The molecular formula is C17H14O3S. The van der Waals surface area contributed by atoms with E-state index in [0.717, 1.165) is 11.1 Å². The highest BCUT2D eigenvalue weighted by Gasteiger charge is 2.19. The minimum absolute atomic E-state index is 0.0356. The van der Waals surface area contributed by atoms with Gasteiger partial charge in [0.25, 0.3) is 0 Å². The van der Waals surface area contributed by atoms with Gasteiger partial charge in [0, 0.05) is 22.1 Å². The summed E-state index contributed by atoms with van der Waals surface area (Å²) in [5.74, 6) is -0.0356. The number of hydrogen-bond acceptors (Lipinski definition) is 4. The van der Waals surface area contributed by atoms with Gasteiger partial charge in [-0.1, -0.05) is 60.7 Å². The average molecular weight is 298 g/mol. The van der Waals surface area contributed by atoms with Crippen LogP contribution in [0.4, 0.5) is 0 Å². The van der Waals surface area contributed by atoms with Gasteiger partial charge in [0.05, 0.1) is 13.2 Å². The fourth-order valence-electron chi connectivity index (χ4n) is 2.30. The molecule has 1 saturated heterocycles. The van der Waals surface area contributed by atoms with Gasteiger partial charge >= 0.3 is 0 Å². The summed E-state index contributed by atoms with van der Waals surface area (Å²) in [6, 6.07) is 14.7. The molecule has 1 aliphatic heterocycles.